The van der Waals surface area contributed by atoms with Crippen LogP contribution >= 0.6 is 0 Å². The minimum absolute atomic E-state index is 0.0192. The first-order valence-corrected chi connectivity index (χ1v) is 5.05. The van der Waals surface area contributed by atoms with Crippen LogP contribution in [-0.4, -0.2) is 19.0 Å². The molecule has 0 aromatic heterocycles. The number of methoxy groups -OCH3 is 1. The zero-order valence-corrected chi connectivity index (χ0v) is 9.30. The van der Waals surface area contributed by atoms with E-state index < -0.39 is 11.6 Å². The Morgan fingerprint density at radius 1 is 1.38 bits per heavy atom. The van der Waals surface area contributed by atoms with Crippen LogP contribution in [0.25, 0.3) is 0 Å². The quantitative estimate of drug-likeness (QED) is 0.724. The number of rotatable bonds is 5. The third kappa shape index (κ3) is 3.38. The summed E-state index contributed by atoms with van der Waals surface area (Å²) in [5.41, 5.74) is 0.196. The Hall–Kier alpha value is -1.29. The van der Waals surface area contributed by atoms with Crippen molar-refractivity contribution >= 4 is 5.78 Å². The Kier molecular flexibility index (Phi) is 4.55. The van der Waals surface area contributed by atoms with Gasteiger partial charge in [-0.1, -0.05) is 0 Å². The van der Waals surface area contributed by atoms with E-state index >= 15 is 0 Å². The van der Waals surface area contributed by atoms with E-state index in [1.54, 1.807) is 7.11 Å². The van der Waals surface area contributed by atoms with Crippen molar-refractivity contribution in [2.45, 2.75) is 25.9 Å². The molecule has 0 heterocycles. The number of halogens is 2. The summed E-state index contributed by atoms with van der Waals surface area (Å²) in [4.78, 5) is 11.6. The van der Waals surface area contributed by atoms with Crippen molar-refractivity contribution in [3.63, 3.8) is 0 Å². The van der Waals surface area contributed by atoms with E-state index in [-0.39, 0.29) is 23.9 Å². The van der Waals surface area contributed by atoms with E-state index in [0.717, 1.165) is 12.1 Å². The second-order valence-electron chi connectivity index (χ2n) is 3.64. The molecule has 16 heavy (non-hydrogen) atoms. The number of benzene rings is 1. The Balaban J connectivity index is 2.63. The molecule has 0 aliphatic heterocycles. The van der Waals surface area contributed by atoms with Crippen LogP contribution in [0.4, 0.5) is 8.78 Å². The molecule has 0 saturated heterocycles. The lowest BCUT2D eigenvalue weighted by Gasteiger charge is -2.08. The number of hydrogen-bond acceptors (Lipinski definition) is 2. The molecular formula is C12H14F2O2. The van der Waals surface area contributed by atoms with Gasteiger partial charge in [0.25, 0.3) is 0 Å². The predicted molar refractivity (Wildman–Crippen MR) is 56.4 cm³/mol. The minimum atomic E-state index is -0.995. The highest BCUT2D eigenvalue weighted by Crippen LogP contribution is 2.12. The van der Waals surface area contributed by atoms with Crippen molar-refractivity contribution in [3.8, 4) is 0 Å². The van der Waals surface area contributed by atoms with E-state index in [2.05, 4.69) is 0 Å². The van der Waals surface area contributed by atoms with Gasteiger partial charge in [0.2, 0.25) is 0 Å². The molecule has 0 radical (unpaired) electrons. The summed E-state index contributed by atoms with van der Waals surface area (Å²) < 4.78 is 30.5. The third-order valence-electron chi connectivity index (χ3n) is 2.42. The maximum Gasteiger partial charge on any atom is 0.163 e. The normalized spacial score (nSPS) is 12.5. The van der Waals surface area contributed by atoms with Gasteiger partial charge in [-0.05, 0) is 31.5 Å². The number of carbonyl (C=O) groups is 1. The summed E-state index contributed by atoms with van der Waals surface area (Å²) >= 11 is 0. The molecule has 1 rings (SSSR count). The van der Waals surface area contributed by atoms with E-state index in [9.17, 15) is 13.6 Å². The molecule has 4 heteroatoms. The molecule has 0 N–H and O–H groups in total. The first-order valence-electron chi connectivity index (χ1n) is 5.05. The molecule has 1 aromatic carbocycles. The first-order chi connectivity index (χ1) is 7.54. The fraction of sp³-hybridized carbons (Fsp3) is 0.417. The molecule has 0 saturated carbocycles. The Morgan fingerprint density at radius 3 is 2.62 bits per heavy atom. The lowest BCUT2D eigenvalue weighted by molar-refractivity contribution is 0.0877. The average Bonchev–Trinajstić information content (AvgIpc) is 2.29. The second-order valence-corrected chi connectivity index (χ2v) is 3.64. The van der Waals surface area contributed by atoms with Gasteiger partial charge in [-0.15, -0.1) is 0 Å². The topological polar surface area (TPSA) is 26.3 Å². The van der Waals surface area contributed by atoms with Gasteiger partial charge in [0, 0.05) is 19.1 Å². The molecule has 1 unspecified atom stereocenters. The number of ether oxygens (including phenoxy) is 1. The van der Waals surface area contributed by atoms with E-state index in [4.69, 9.17) is 4.74 Å². The summed E-state index contributed by atoms with van der Waals surface area (Å²) in [6, 6.07) is 3.18. The largest absolute Gasteiger partial charge is 0.382 e. The Morgan fingerprint density at radius 2 is 2.06 bits per heavy atom. The summed E-state index contributed by atoms with van der Waals surface area (Å²) in [5, 5.41) is 0. The smallest absolute Gasteiger partial charge is 0.163 e. The molecule has 2 nitrogen and oxygen atoms in total. The minimum Gasteiger partial charge on any atom is -0.382 e. The highest BCUT2D eigenvalue weighted by atomic mass is 19.2. The van der Waals surface area contributed by atoms with Crippen LogP contribution in [0.2, 0.25) is 0 Å². The van der Waals surface area contributed by atoms with E-state index in [0.29, 0.717) is 6.42 Å². The van der Waals surface area contributed by atoms with Gasteiger partial charge in [-0.25, -0.2) is 8.78 Å². The van der Waals surface area contributed by atoms with Crippen molar-refractivity contribution in [3.05, 3.63) is 35.4 Å². The van der Waals surface area contributed by atoms with Crippen molar-refractivity contribution < 1.29 is 18.3 Å². The maximum absolute atomic E-state index is 12.9. The molecule has 0 aliphatic carbocycles. The average molecular weight is 228 g/mol. The van der Waals surface area contributed by atoms with Crippen LogP contribution in [0.3, 0.4) is 0 Å². The van der Waals surface area contributed by atoms with Crippen molar-refractivity contribution in [2.75, 3.05) is 7.11 Å². The highest BCUT2D eigenvalue weighted by Gasteiger charge is 2.11. The van der Waals surface area contributed by atoms with Gasteiger partial charge >= 0.3 is 0 Å². The second kappa shape index (κ2) is 5.70. The SMILES string of the molecule is COC(C)CCC(=O)c1ccc(F)c(F)c1. The predicted octanol–water partition coefficient (Wildman–Crippen LogP) is 2.96. The lowest BCUT2D eigenvalue weighted by Crippen LogP contribution is -2.09. The molecule has 88 valence electrons. The van der Waals surface area contributed by atoms with E-state index in [1.807, 2.05) is 6.92 Å². The van der Waals surface area contributed by atoms with Gasteiger partial charge in [0.1, 0.15) is 0 Å². The number of Topliss-reactive ketones (excluding diaryl/α,β-unsaturated/α-hetero) is 1. The molecule has 0 aliphatic rings. The molecular weight excluding hydrogens is 214 g/mol. The van der Waals surface area contributed by atoms with Crippen LogP contribution in [-0.2, 0) is 4.74 Å². The first kappa shape index (κ1) is 12.8. The summed E-state index contributed by atoms with van der Waals surface area (Å²) in [5.74, 6) is -2.14. The number of carbonyl (C=O) groups excluding carboxylic acids is 1. The van der Waals surface area contributed by atoms with Crippen LogP contribution in [0.1, 0.15) is 30.1 Å². The summed E-state index contributed by atoms with van der Waals surface area (Å²) in [7, 11) is 1.56. The maximum atomic E-state index is 12.9. The van der Waals surface area contributed by atoms with Gasteiger partial charge in [0.15, 0.2) is 17.4 Å². The molecule has 1 aromatic rings. The number of hydrogen-bond donors (Lipinski definition) is 0. The van der Waals surface area contributed by atoms with Crippen molar-refractivity contribution in [1.82, 2.24) is 0 Å². The Labute approximate surface area is 93.2 Å². The molecule has 0 bridgehead atoms. The van der Waals surface area contributed by atoms with Gasteiger partial charge in [-0.2, -0.15) is 0 Å². The Bertz CT molecular complexity index is 377. The van der Waals surface area contributed by atoms with Crippen molar-refractivity contribution in [1.29, 1.82) is 0 Å². The fourth-order valence-electron chi connectivity index (χ4n) is 1.27. The molecule has 0 amide bonds. The van der Waals surface area contributed by atoms with Crippen LogP contribution in [0.15, 0.2) is 18.2 Å². The van der Waals surface area contributed by atoms with Crippen LogP contribution < -0.4 is 0 Å². The van der Waals surface area contributed by atoms with E-state index in [1.165, 1.54) is 6.07 Å². The third-order valence-corrected chi connectivity index (χ3v) is 2.42. The van der Waals surface area contributed by atoms with Gasteiger partial charge in [-0.3, -0.25) is 4.79 Å². The number of ketones is 1. The van der Waals surface area contributed by atoms with Crippen LogP contribution in [0, 0.1) is 11.6 Å². The standard InChI is InChI=1S/C12H14F2O2/c1-8(16-2)3-6-12(15)9-4-5-10(13)11(14)7-9/h4-5,7-8H,3,6H2,1-2H3. The zero-order chi connectivity index (χ0) is 12.1. The zero-order valence-electron chi connectivity index (χ0n) is 9.30. The van der Waals surface area contributed by atoms with Gasteiger partial charge in [0.05, 0.1) is 6.10 Å². The van der Waals surface area contributed by atoms with Crippen molar-refractivity contribution in [2.24, 2.45) is 0 Å². The van der Waals surface area contributed by atoms with Crippen LogP contribution in [0.5, 0.6) is 0 Å². The fourth-order valence-corrected chi connectivity index (χ4v) is 1.27. The molecule has 0 spiro atoms. The monoisotopic (exact) mass is 228 g/mol. The summed E-state index contributed by atoms with van der Waals surface area (Å²) in [6.45, 7) is 1.85. The molecule has 0 fully saturated rings. The highest BCUT2D eigenvalue weighted by molar-refractivity contribution is 5.96. The lowest BCUT2D eigenvalue weighted by atomic mass is 10.0. The molecule has 1 atom stereocenters. The van der Waals surface area contributed by atoms with Gasteiger partial charge < -0.3 is 4.74 Å². The summed E-state index contributed by atoms with van der Waals surface area (Å²) in [6.07, 6.45) is 0.809.